The maximum atomic E-state index is 2.50. The van der Waals surface area contributed by atoms with Crippen molar-refractivity contribution in [2.24, 2.45) is 0 Å². The largest absolute Gasteiger partial charge is 0.0619 e. The molecule has 0 heteroatoms. The predicted octanol–water partition coefficient (Wildman–Crippen LogP) is 13.0. The average molecular weight is 685 g/mol. The molecule has 0 radical (unpaired) electrons. The predicted molar refractivity (Wildman–Crippen MR) is 224 cm³/mol. The number of rotatable bonds is 4. The van der Waals surface area contributed by atoms with Crippen molar-refractivity contribution in [3.05, 3.63) is 237 Å². The quantitative estimate of drug-likeness (QED) is 0.162. The lowest BCUT2D eigenvalue weighted by atomic mass is 9.82. The fourth-order valence-corrected chi connectivity index (χ4v) is 10.1. The highest BCUT2D eigenvalue weighted by molar-refractivity contribution is 6.06. The summed E-state index contributed by atoms with van der Waals surface area (Å²) in [6.07, 6.45) is 3.87. The number of hydrogen-bond acceptors (Lipinski definition) is 0. The van der Waals surface area contributed by atoms with Crippen LogP contribution in [0.3, 0.4) is 0 Å². The zero-order valence-corrected chi connectivity index (χ0v) is 30.0. The van der Waals surface area contributed by atoms with Crippen molar-refractivity contribution >= 4 is 11.1 Å². The molecule has 0 atom stereocenters. The molecule has 252 valence electrons. The monoisotopic (exact) mass is 684 g/mol. The van der Waals surface area contributed by atoms with E-state index >= 15 is 0 Å². The van der Waals surface area contributed by atoms with Crippen molar-refractivity contribution in [2.75, 3.05) is 0 Å². The van der Waals surface area contributed by atoms with Crippen LogP contribution in [0.1, 0.15) is 66.8 Å². The van der Waals surface area contributed by atoms with Gasteiger partial charge in [0, 0.05) is 0 Å². The van der Waals surface area contributed by atoms with E-state index in [9.17, 15) is 0 Å². The van der Waals surface area contributed by atoms with Gasteiger partial charge in [-0.3, -0.25) is 0 Å². The van der Waals surface area contributed by atoms with Crippen molar-refractivity contribution in [1.29, 1.82) is 0 Å². The van der Waals surface area contributed by atoms with E-state index in [2.05, 4.69) is 170 Å². The number of benzene rings is 8. The van der Waals surface area contributed by atoms with Gasteiger partial charge in [-0.25, -0.2) is 0 Å². The van der Waals surface area contributed by atoms with Gasteiger partial charge >= 0.3 is 0 Å². The second-order valence-corrected chi connectivity index (χ2v) is 15.6. The summed E-state index contributed by atoms with van der Waals surface area (Å²) in [4.78, 5) is 0. The summed E-state index contributed by atoms with van der Waals surface area (Å²) < 4.78 is 0. The van der Waals surface area contributed by atoms with E-state index in [1.54, 1.807) is 0 Å². The molecular weight excluding hydrogens is 649 g/mol. The Bertz CT molecular complexity index is 2530. The molecule has 0 spiro atoms. The summed E-state index contributed by atoms with van der Waals surface area (Å²) in [5, 5.41) is 0. The van der Waals surface area contributed by atoms with Crippen LogP contribution in [0.15, 0.2) is 170 Å². The normalized spacial score (nSPS) is 13.3. The Hall–Kier alpha value is -6.50. The van der Waals surface area contributed by atoms with Crippen LogP contribution in [0.25, 0.3) is 55.7 Å². The Morgan fingerprint density at radius 3 is 0.704 bits per heavy atom. The minimum absolute atomic E-state index is 0.968. The molecule has 8 aromatic carbocycles. The molecule has 0 saturated heterocycles. The minimum Gasteiger partial charge on any atom is -0.0619 e. The second-order valence-electron chi connectivity index (χ2n) is 15.6. The van der Waals surface area contributed by atoms with Gasteiger partial charge in [-0.2, -0.15) is 0 Å². The number of hydrogen-bond donors (Lipinski definition) is 0. The lowest BCUT2D eigenvalue weighted by molar-refractivity contribution is 1.25. The van der Waals surface area contributed by atoms with E-state index < -0.39 is 0 Å². The smallest absolute Gasteiger partial charge is 0.00132 e. The maximum Gasteiger partial charge on any atom is -0.00132 e. The van der Waals surface area contributed by atoms with Gasteiger partial charge in [0.05, 0.1) is 0 Å². The summed E-state index contributed by atoms with van der Waals surface area (Å²) in [5.74, 6) is 0. The first-order valence-electron chi connectivity index (χ1n) is 19.3. The van der Waals surface area contributed by atoms with Crippen molar-refractivity contribution < 1.29 is 0 Å². The fourth-order valence-electron chi connectivity index (χ4n) is 10.1. The summed E-state index contributed by atoms with van der Waals surface area (Å²) in [5.41, 5.74) is 30.0. The summed E-state index contributed by atoms with van der Waals surface area (Å²) in [7, 11) is 0. The van der Waals surface area contributed by atoms with Crippen molar-refractivity contribution in [2.45, 2.75) is 25.7 Å². The minimum atomic E-state index is 0.968. The van der Waals surface area contributed by atoms with Crippen molar-refractivity contribution in [1.82, 2.24) is 0 Å². The van der Waals surface area contributed by atoms with Crippen molar-refractivity contribution in [3.63, 3.8) is 0 Å². The first-order chi connectivity index (χ1) is 26.7. The van der Waals surface area contributed by atoms with Crippen LogP contribution in [-0.2, 0) is 25.7 Å². The Labute approximate surface area is 316 Å². The van der Waals surface area contributed by atoms with E-state index in [0.717, 1.165) is 25.7 Å². The molecule has 0 unspecified atom stereocenters. The molecule has 0 aliphatic heterocycles. The summed E-state index contributed by atoms with van der Waals surface area (Å²) >= 11 is 0. The Morgan fingerprint density at radius 2 is 0.444 bits per heavy atom. The van der Waals surface area contributed by atoms with Crippen molar-refractivity contribution in [3.8, 4) is 44.5 Å². The molecule has 0 bridgehead atoms. The highest BCUT2D eigenvalue weighted by Crippen LogP contribution is 2.47. The van der Waals surface area contributed by atoms with Gasteiger partial charge < -0.3 is 0 Å². The van der Waals surface area contributed by atoms with Crippen LogP contribution < -0.4 is 0 Å². The van der Waals surface area contributed by atoms with Gasteiger partial charge in [0.15, 0.2) is 0 Å². The van der Waals surface area contributed by atoms with E-state index in [4.69, 9.17) is 0 Å². The van der Waals surface area contributed by atoms with Gasteiger partial charge in [0.1, 0.15) is 0 Å². The summed E-state index contributed by atoms with van der Waals surface area (Å²) in [6, 6.07) is 64.8. The van der Waals surface area contributed by atoms with Crippen LogP contribution in [0.2, 0.25) is 0 Å². The molecule has 0 N–H and O–H groups in total. The third-order valence-corrected chi connectivity index (χ3v) is 12.6. The first-order valence-corrected chi connectivity index (χ1v) is 19.3. The zero-order valence-electron chi connectivity index (χ0n) is 30.0. The molecule has 0 heterocycles. The van der Waals surface area contributed by atoms with E-state index in [-0.39, 0.29) is 0 Å². The third kappa shape index (κ3) is 4.50. The van der Waals surface area contributed by atoms with Gasteiger partial charge in [0.25, 0.3) is 0 Å². The van der Waals surface area contributed by atoms with Gasteiger partial charge in [-0.05, 0) is 148 Å². The molecule has 0 saturated carbocycles. The van der Waals surface area contributed by atoms with Crippen LogP contribution in [-0.4, -0.2) is 0 Å². The standard InChI is InChI=1S/C54H36/c1-5-13-45-33(9-1)25-41-29-37(17-21-49(41)45)53(38-18-22-50-42(30-38)26-34-10-2-6-14-46(34)50)54(39-19-23-51-43(31-39)27-35-11-3-7-15-47(35)51)40-20-24-52-44(32-40)28-36-12-4-8-16-48(36)52/h1-24,29-32H,25-28H2. The SMILES string of the molecule is c1ccc2c(c1)Cc1cc(C(=C(c3ccc4c(c3)Cc3ccccc3-4)c3ccc4c(c3)Cc3ccccc3-4)c3ccc4c(c3)Cc3ccccc3-4)ccc1-2. The highest BCUT2D eigenvalue weighted by Gasteiger charge is 2.27. The average Bonchev–Trinajstić information content (AvgIpc) is 3.98. The fraction of sp³-hybridized carbons (Fsp3) is 0.0741. The van der Waals surface area contributed by atoms with Crippen LogP contribution in [0.5, 0.6) is 0 Å². The molecule has 0 nitrogen and oxygen atoms in total. The van der Waals surface area contributed by atoms with Gasteiger partial charge in [0.2, 0.25) is 0 Å². The molecule has 0 fully saturated rings. The van der Waals surface area contributed by atoms with Crippen LogP contribution in [0, 0.1) is 0 Å². The van der Waals surface area contributed by atoms with E-state index in [1.165, 1.54) is 122 Å². The first kappa shape index (κ1) is 30.0. The molecule has 4 aliphatic carbocycles. The Morgan fingerprint density at radius 1 is 0.222 bits per heavy atom. The molecule has 0 aromatic heterocycles. The third-order valence-electron chi connectivity index (χ3n) is 12.6. The van der Waals surface area contributed by atoms with Gasteiger partial charge in [-0.15, -0.1) is 0 Å². The highest BCUT2D eigenvalue weighted by atomic mass is 14.3. The lowest BCUT2D eigenvalue weighted by Gasteiger charge is -2.21. The number of fused-ring (bicyclic) bond motifs is 12. The van der Waals surface area contributed by atoms with Crippen LogP contribution >= 0.6 is 0 Å². The molecule has 12 rings (SSSR count). The van der Waals surface area contributed by atoms with E-state index in [1.807, 2.05) is 0 Å². The molecule has 0 amide bonds. The Kier molecular flexibility index (Phi) is 6.39. The van der Waals surface area contributed by atoms with E-state index in [0.29, 0.717) is 0 Å². The molecule has 4 aliphatic rings. The summed E-state index contributed by atoms with van der Waals surface area (Å²) in [6.45, 7) is 0. The zero-order chi connectivity index (χ0) is 35.3. The maximum absolute atomic E-state index is 2.50. The molecule has 54 heavy (non-hydrogen) atoms. The van der Waals surface area contributed by atoms with Crippen LogP contribution in [0.4, 0.5) is 0 Å². The second kappa shape index (κ2) is 11.5. The lowest BCUT2D eigenvalue weighted by Crippen LogP contribution is -2.01. The molecule has 8 aromatic rings. The van der Waals surface area contributed by atoms with Gasteiger partial charge in [-0.1, -0.05) is 170 Å². The Balaban J connectivity index is 1.12. The molecular formula is C54H36. The topological polar surface area (TPSA) is 0 Å².